The lowest BCUT2D eigenvalue weighted by molar-refractivity contribution is -0.384. The number of hydrogen-bond donors (Lipinski definition) is 0. The zero-order chi connectivity index (χ0) is 17.1. The number of ether oxygens (including phenoxy) is 2. The quantitative estimate of drug-likeness (QED) is 0.284. The van der Waals surface area contributed by atoms with Gasteiger partial charge >= 0.3 is 11.9 Å². The van der Waals surface area contributed by atoms with E-state index in [-0.39, 0.29) is 25.1 Å². The summed E-state index contributed by atoms with van der Waals surface area (Å²) >= 11 is 0. The number of nitrogens with zero attached hydrogens (tertiary/aromatic N) is 1. The number of unbranched alkanes of at least 4 members (excludes halogenated alkanes) is 1. The molecule has 0 fully saturated rings. The van der Waals surface area contributed by atoms with Crippen LogP contribution >= 0.6 is 0 Å². The molecule has 1 rings (SSSR count). The van der Waals surface area contributed by atoms with E-state index in [1.165, 1.54) is 12.1 Å². The van der Waals surface area contributed by atoms with Gasteiger partial charge in [-0.25, -0.2) is 0 Å². The molecule has 0 aromatic heterocycles. The molecule has 0 aliphatic rings. The molecule has 0 atom stereocenters. The first-order valence-corrected chi connectivity index (χ1v) is 7.57. The van der Waals surface area contributed by atoms with Gasteiger partial charge in [0.1, 0.15) is 0 Å². The molecular formula is C16H21NO6. The van der Waals surface area contributed by atoms with Crippen LogP contribution in [0.4, 0.5) is 5.69 Å². The molecule has 0 bridgehead atoms. The van der Waals surface area contributed by atoms with Crippen molar-refractivity contribution in [3.63, 3.8) is 0 Å². The van der Waals surface area contributed by atoms with E-state index in [9.17, 15) is 19.7 Å². The van der Waals surface area contributed by atoms with Crippen molar-refractivity contribution >= 4 is 17.6 Å². The first-order chi connectivity index (χ1) is 11.0. The number of rotatable bonds is 10. The predicted octanol–water partition coefficient (Wildman–Crippen LogP) is 2.80. The van der Waals surface area contributed by atoms with E-state index in [2.05, 4.69) is 0 Å². The van der Waals surface area contributed by atoms with Crippen molar-refractivity contribution in [1.29, 1.82) is 0 Å². The summed E-state index contributed by atoms with van der Waals surface area (Å²) in [6, 6.07) is 6.16. The van der Waals surface area contributed by atoms with Crippen molar-refractivity contribution in [2.75, 3.05) is 13.2 Å². The first kappa shape index (κ1) is 18.6. The van der Waals surface area contributed by atoms with Crippen LogP contribution in [0.1, 0.15) is 38.2 Å². The monoisotopic (exact) mass is 323 g/mol. The Labute approximate surface area is 134 Å². The summed E-state index contributed by atoms with van der Waals surface area (Å²) in [4.78, 5) is 33.0. The van der Waals surface area contributed by atoms with Crippen molar-refractivity contribution in [1.82, 2.24) is 0 Å². The molecule has 0 N–H and O–H groups in total. The second kappa shape index (κ2) is 10.3. The Morgan fingerprint density at radius 2 is 1.78 bits per heavy atom. The minimum atomic E-state index is -0.483. The Morgan fingerprint density at radius 3 is 2.39 bits per heavy atom. The molecule has 0 spiro atoms. The minimum absolute atomic E-state index is 0.000639. The van der Waals surface area contributed by atoms with Gasteiger partial charge in [-0.2, -0.15) is 0 Å². The van der Waals surface area contributed by atoms with Crippen LogP contribution in [0, 0.1) is 10.1 Å². The van der Waals surface area contributed by atoms with E-state index >= 15 is 0 Å². The summed E-state index contributed by atoms with van der Waals surface area (Å²) in [5.41, 5.74) is 0.717. The molecule has 1 aromatic carbocycles. The lowest BCUT2D eigenvalue weighted by Gasteiger charge is -2.06. The maximum Gasteiger partial charge on any atom is 0.306 e. The molecule has 7 nitrogen and oxygen atoms in total. The van der Waals surface area contributed by atoms with Gasteiger partial charge in [0.25, 0.3) is 5.69 Å². The number of esters is 2. The summed E-state index contributed by atoms with van der Waals surface area (Å²) in [7, 11) is 0. The lowest BCUT2D eigenvalue weighted by Crippen LogP contribution is -2.12. The van der Waals surface area contributed by atoms with Crippen molar-refractivity contribution in [2.45, 2.75) is 39.0 Å². The predicted molar refractivity (Wildman–Crippen MR) is 82.9 cm³/mol. The summed E-state index contributed by atoms with van der Waals surface area (Å²) in [5, 5.41) is 10.7. The Balaban J connectivity index is 2.22. The average Bonchev–Trinajstić information content (AvgIpc) is 2.53. The van der Waals surface area contributed by atoms with Crippen LogP contribution in [0.15, 0.2) is 24.3 Å². The Morgan fingerprint density at radius 1 is 1.13 bits per heavy atom. The maximum absolute atomic E-state index is 11.5. The van der Waals surface area contributed by atoms with Crippen molar-refractivity contribution in [3.05, 3.63) is 39.9 Å². The van der Waals surface area contributed by atoms with Gasteiger partial charge in [0.05, 0.1) is 31.0 Å². The second-order valence-electron chi connectivity index (χ2n) is 4.97. The van der Waals surface area contributed by atoms with Gasteiger partial charge < -0.3 is 9.47 Å². The van der Waals surface area contributed by atoms with Crippen molar-refractivity contribution < 1.29 is 24.0 Å². The lowest BCUT2D eigenvalue weighted by atomic mass is 10.1. The van der Waals surface area contributed by atoms with Gasteiger partial charge in [-0.3, -0.25) is 19.7 Å². The van der Waals surface area contributed by atoms with Crippen molar-refractivity contribution in [3.8, 4) is 0 Å². The molecule has 1 aromatic rings. The topological polar surface area (TPSA) is 95.7 Å². The summed E-state index contributed by atoms with van der Waals surface area (Å²) < 4.78 is 9.94. The molecule has 0 unspecified atom stereocenters. The summed E-state index contributed by atoms with van der Waals surface area (Å²) in [6.07, 6.45) is 2.10. The zero-order valence-electron chi connectivity index (χ0n) is 13.2. The van der Waals surface area contributed by atoms with Crippen molar-refractivity contribution in [2.24, 2.45) is 0 Å². The third kappa shape index (κ3) is 7.94. The molecule has 0 saturated heterocycles. The molecule has 7 heteroatoms. The Hall–Kier alpha value is -2.44. The van der Waals surface area contributed by atoms with Crippen LogP contribution in [0.3, 0.4) is 0 Å². The number of carbonyl (C=O) groups excluding carboxylic acids is 2. The fraction of sp³-hybridized carbons (Fsp3) is 0.500. The summed E-state index contributed by atoms with van der Waals surface area (Å²) in [5.74, 6) is -0.892. The van der Waals surface area contributed by atoms with Gasteiger partial charge in [0.2, 0.25) is 0 Å². The molecule has 0 radical (unpaired) electrons. The summed E-state index contributed by atoms with van der Waals surface area (Å²) in [6.45, 7) is 2.48. The Bertz CT molecular complexity index is 543. The van der Waals surface area contributed by atoms with Gasteiger partial charge in [-0.15, -0.1) is 0 Å². The van der Waals surface area contributed by atoms with E-state index in [1.54, 1.807) is 12.1 Å². The van der Waals surface area contributed by atoms with Crippen LogP contribution in [-0.4, -0.2) is 30.1 Å². The molecule has 0 heterocycles. The van der Waals surface area contributed by atoms with Crippen LogP contribution in [0.25, 0.3) is 0 Å². The van der Waals surface area contributed by atoms with Crippen LogP contribution in [0.5, 0.6) is 0 Å². The highest BCUT2D eigenvalue weighted by atomic mass is 16.6. The van der Waals surface area contributed by atoms with Gasteiger partial charge in [0, 0.05) is 18.6 Å². The first-order valence-electron chi connectivity index (χ1n) is 7.57. The molecule has 126 valence electrons. The SMILES string of the molecule is CCCCOC(=O)CCC(=O)OCCc1cccc([N+](=O)[O-])c1. The third-order valence-electron chi connectivity index (χ3n) is 3.07. The standard InChI is InChI=1S/C16H21NO6/c1-2-3-10-22-15(18)7-8-16(19)23-11-9-13-5-4-6-14(12-13)17(20)21/h4-6,12H,2-3,7-11H2,1H3. The van der Waals surface area contributed by atoms with Crippen LogP contribution < -0.4 is 0 Å². The number of carbonyl (C=O) groups is 2. The number of non-ortho nitro benzene ring substituents is 1. The molecule has 0 aliphatic heterocycles. The largest absolute Gasteiger partial charge is 0.466 e. The van der Waals surface area contributed by atoms with E-state index in [0.29, 0.717) is 18.6 Å². The molecule has 0 saturated carbocycles. The van der Waals surface area contributed by atoms with E-state index in [1.807, 2.05) is 6.92 Å². The van der Waals surface area contributed by atoms with E-state index in [0.717, 1.165) is 12.8 Å². The number of nitro benzene ring substituents is 1. The van der Waals surface area contributed by atoms with Crippen LogP contribution in [0.2, 0.25) is 0 Å². The molecular weight excluding hydrogens is 302 g/mol. The highest BCUT2D eigenvalue weighted by Gasteiger charge is 2.10. The highest BCUT2D eigenvalue weighted by molar-refractivity contribution is 5.77. The molecule has 0 aliphatic carbocycles. The highest BCUT2D eigenvalue weighted by Crippen LogP contribution is 2.13. The molecule has 0 amide bonds. The zero-order valence-corrected chi connectivity index (χ0v) is 13.2. The second-order valence-corrected chi connectivity index (χ2v) is 4.97. The molecule has 23 heavy (non-hydrogen) atoms. The fourth-order valence-electron chi connectivity index (χ4n) is 1.79. The normalized spacial score (nSPS) is 10.1. The fourth-order valence-corrected chi connectivity index (χ4v) is 1.79. The average molecular weight is 323 g/mol. The number of nitro groups is 1. The number of benzene rings is 1. The van der Waals surface area contributed by atoms with E-state index < -0.39 is 16.9 Å². The third-order valence-corrected chi connectivity index (χ3v) is 3.07. The smallest absolute Gasteiger partial charge is 0.306 e. The van der Waals surface area contributed by atoms with Crippen LogP contribution in [-0.2, 0) is 25.5 Å². The number of hydrogen-bond acceptors (Lipinski definition) is 6. The maximum atomic E-state index is 11.5. The van der Waals surface area contributed by atoms with Gasteiger partial charge in [-0.1, -0.05) is 25.5 Å². The minimum Gasteiger partial charge on any atom is -0.466 e. The van der Waals surface area contributed by atoms with Gasteiger partial charge in [-0.05, 0) is 12.0 Å². The van der Waals surface area contributed by atoms with Gasteiger partial charge in [0.15, 0.2) is 0 Å². The Kier molecular flexibility index (Phi) is 8.34. The van der Waals surface area contributed by atoms with E-state index in [4.69, 9.17) is 9.47 Å².